The van der Waals surface area contributed by atoms with Crippen molar-refractivity contribution >= 4 is 0 Å². The van der Waals surface area contributed by atoms with E-state index in [1.54, 1.807) is 0 Å². The lowest BCUT2D eigenvalue weighted by Gasteiger charge is -2.52. The van der Waals surface area contributed by atoms with Gasteiger partial charge in [0, 0.05) is 0 Å². The topological polar surface area (TPSA) is 0 Å². The summed E-state index contributed by atoms with van der Waals surface area (Å²) in [4.78, 5) is 0. The molecule has 2 rings (SSSR count). The quantitative estimate of drug-likeness (QED) is 0.508. The van der Waals surface area contributed by atoms with E-state index < -0.39 is 0 Å². The van der Waals surface area contributed by atoms with Crippen LogP contribution in [0.1, 0.15) is 80.1 Å². The van der Waals surface area contributed by atoms with E-state index >= 15 is 0 Å². The van der Waals surface area contributed by atoms with Gasteiger partial charge >= 0.3 is 0 Å². The number of hydrogen-bond acceptors (Lipinski definition) is 0. The highest BCUT2D eigenvalue weighted by Crippen LogP contribution is 2.65. The van der Waals surface area contributed by atoms with Gasteiger partial charge in [0.2, 0.25) is 0 Å². The van der Waals surface area contributed by atoms with Gasteiger partial charge in [-0.3, -0.25) is 0 Å². The Morgan fingerprint density at radius 2 is 1.06 bits per heavy atom. The summed E-state index contributed by atoms with van der Waals surface area (Å²) in [7, 11) is 0. The molecule has 2 unspecified atom stereocenters. The molecule has 2 saturated carbocycles. The van der Waals surface area contributed by atoms with Crippen LogP contribution in [0.15, 0.2) is 0 Å². The summed E-state index contributed by atoms with van der Waals surface area (Å²) >= 11 is 0. The molecular weight excluding hydrogens is 204 g/mol. The minimum absolute atomic E-state index is 0.447. The maximum Gasteiger partial charge on any atom is -0.0195 e. The minimum Gasteiger partial charge on any atom is -0.0596 e. The molecule has 0 aliphatic heterocycles. The van der Waals surface area contributed by atoms with Crippen LogP contribution in [0, 0.1) is 28.1 Å². The molecule has 0 aromatic carbocycles. The summed E-state index contributed by atoms with van der Waals surface area (Å²) in [5, 5.41) is 0. The van der Waals surface area contributed by atoms with Crippen molar-refractivity contribution in [1.82, 2.24) is 0 Å². The van der Waals surface area contributed by atoms with E-state index in [-0.39, 0.29) is 0 Å². The predicted molar refractivity (Wildman–Crippen MR) is 76.0 cm³/mol. The second kappa shape index (κ2) is 4.00. The van der Waals surface area contributed by atoms with Crippen LogP contribution >= 0.6 is 0 Å². The fraction of sp³-hybridized carbons (Fsp3) is 1.00. The third-order valence-electron chi connectivity index (χ3n) is 6.16. The van der Waals surface area contributed by atoms with Gasteiger partial charge in [-0.05, 0) is 40.9 Å². The minimum atomic E-state index is 0.447. The van der Waals surface area contributed by atoms with Gasteiger partial charge in [-0.2, -0.15) is 0 Å². The molecule has 0 heteroatoms. The molecule has 0 aromatic heterocycles. The van der Waals surface area contributed by atoms with Gasteiger partial charge in [-0.25, -0.2) is 0 Å². The zero-order valence-corrected chi connectivity index (χ0v) is 12.9. The first-order valence-corrected chi connectivity index (χ1v) is 7.67. The van der Waals surface area contributed by atoms with Crippen molar-refractivity contribution in [2.45, 2.75) is 80.1 Å². The lowest BCUT2D eigenvalue weighted by Crippen LogP contribution is -2.44. The average Bonchev–Trinajstić information content (AvgIpc) is 2.55. The van der Waals surface area contributed by atoms with E-state index in [0.29, 0.717) is 16.2 Å². The van der Waals surface area contributed by atoms with Crippen molar-refractivity contribution in [3.8, 4) is 0 Å². The Morgan fingerprint density at radius 3 is 1.35 bits per heavy atom. The molecule has 0 amide bonds. The SMILES string of the molecule is CC(C)(C)C1(C(C)(C)C)CC2CCCCC2C1. The van der Waals surface area contributed by atoms with Gasteiger partial charge in [0.05, 0.1) is 0 Å². The average molecular weight is 236 g/mol. The molecule has 0 saturated heterocycles. The van der Waals surface area contributed by atoms with E-state index in [4.69, 9.17) is 0 Å². The van der Waals surface area contributed by atoms with Crippen molar-refractivity contribution < 1.29 is 0 Å². The van der Waals surface area contributed by atoms with Gasteiger partial charge in [-0.1, -0.05) is 67.2 Å². The van der Waals surface area contributed by atoms with Crippen LogP contribution in [0.5, 0.6) is 0 Å². The highest BCUT2D eigenvalue weighted by atomic mass is 14.6. The molecule has 0 nitrogen and oxygen atoms in total. The molecular formula is C17H32. The van der Waals surface area contributed by atoms with Crippen molar-refractivity contribution in [2.24, 2.45) is 28.1 Å². The normalized spacial score (nSPS) is 33.5. The molecule has 0 spiro atoms. The molecule has 2 fully saturated rings. The maximum atomic E-state index is 2.48. The lowest BCUT2D eigenvalue weighted by atomic mass is 9.53. The van der Waals surface area contributed by atoms with Crippen molar-refractivity contribution in [3.05, 3.63) is 0 Å². The molecule has 17 heavy (non-hydrogen) atoms. The van der Waals surface area contributed by atoms with Gasteiger partial charge < -0.3 is 0 Å². The van der Waals surface area contributed by atoms with Crippen LogP contribution in [0.3, 0.4) is 0 Å². The molecule has 0 aromatic rings. The van der Waals surface area contributed by atoms with Gasteiger partial charge in [0.1, 0.15) is 0 Å². The van der Waals surface area contributed by atoms with Crippen LogP contribution in [-0.4, -0.2) is 0 Å². The van der Waals surface area contributed by atoms with Crippen LogP contribution in [0.25, 0.3) is 0 Å². The Kier molecular flexibility index (Phi) is 3.16. The Balaban J connectivity index is 2.32. The standard InChI is InChI=1S/C17H32/c1-15(2,3)17(16(4,5)6)11-13-9-7-8-10-14(13)12-17/h13-14H,7-12H2,1-6H3. The van der Waals surface area contributed by atoms with Crippen LogP contribution in [-0.2, 0) is 0 Å². The van der Waals surface area contributed by atoms with Crippen molar-refractivity contribution in [3.63, 3.8) is 0 Å². The Labute approximate surface area is 109 Å². The summed E-state index contributed by atoms with van der Waals surface area (Å²) in [6.07, 6.45) is 8.99. The number of rotatable bonds is 0. The zero-order chi connectivity index (χ0) is 12.9. The Hall–Kier alpha value is 0. The summed E-state index contributed by atoms with van der Waals surface area (Å²) < 4.78 is 0. The molecule has 100 valence electrons. The first kappa shape index (κ1) is 13.4. The molecule has 2 aliphatic carbocycles. The van der Waals surface area contributed by atoms with Crippen molar-refractivity contribution in [2.75, 3.05) is 0 Å². The maximum absolute atomic E-state index is 2.48. The number of fused-ring (bicyclic) bond motifs is 1. The second-order valence-corrected chi connectivity index (χ2v) is 8.79. The molecule has 2 aliphatic rings. The highest BCUT2D eigenvalue weighted by molar-refractivity contribution is 5.06. The van der Waals surface area contributed by atoms with Crippen molar-refractivity contribution in [1.29, 1.82) is 0 Å². The fourth-order valence-corrected chi connectivity index (χ4v) is 5.15. The Bertz CT molecular complexity index is 243. The lowest BCUT2D eigenvalue weighted by molar-refractivity contribution is -0.0313. The van der Waals surface area contributed by atoms with Gasteiger partial charge in [0.25, 0.3) is 0 Å². The van der Waals surface area contributed by atoms with E-state index in [1.165, 1.54) is 38.5 Å². The first-order chi connectivity index (χ1) is 7.67. The van der Waals surface area contributed by atoms with E-state index in [0.717, 1.165) is 11.8 Å². The predicted octanol–water partition coefficient (Wildman–Crippen LogP) is 5.67. The van der Waals surface area contributed by atoms with E-state index in [2.05, 4.69) is 41.5 Å². The monoisotopic (exact) mass is 236 g/mol. The van der Waals surface area contributed by atoms with Gasteiger partial charge in [-0.15, -0.1) is 0 Å². The zero-order valence-electron chi connectivity index (χ0n) is 12.9. The van der Waals surface area contributed by atoms with E-state index in [9.17, 15) is 0 Å². The summed E-state index contributed by atoms with van der Waals surface area (Å²) in [6, 6.07) is 0. The molecule has 0 N–H and O–H groups in total. The smallest absolute Gasteiger partial charge is 0.0195 e. The largest absolute Gasteiger partial charge is 0.0596 e. The summed E-state index contributed by atoms with van der Waals surface area (Å²) in [5.74, 6) is 2.09. The van der Waals surface area contributed by atoms with Gasteiger partial charge in [0.15, 0.2) is 0 Å². The molecule has 2 atom stereocenters. The summed E-state index contributed by atoms with van der Waals surface area (Å²) in [5.41, 5.74) is 1.45. The Morgan fingerprint density at radius 1 is 0.706 bits per heavy atom. The van der Waals surface area contributed by atoms with Crippen LogP contribution in [0.2, 0.25) is 0 Å². The molecule has 0 radical (unpaired) electrons. The van der Waals surface area contributed by atoms with Crippen LogP contribution in [0.4, 0.5) is 0 Å². The van der Waals surface area contributed by atoms with Crippen LogP contribution < -0.4 is 0 Å². The van der Waals surface area contributed by atoms with E-state index in [1.807, 2.05) is 0 Å². The third kappa shape index (κ3) is 2.06. The third-order valence-corrected chi connectivity index (χ3v) is 6.16. The first-order valence-electron chi connectivity index (χ1n) is 7.67. The molecule has 0 bridgehead atoms. The second-order valence-electron chi connectivity index (χ2n) is 8.79. The fourth-order valence-electron chi connectivity index (χ4n) is 5.15. The number of hydrogen-bond donors (Lipinski definition) is 0. The molecule has 0 heterocycles. The summed E-state index contributed by atoms with van der Waals surface area (Å²) in [6.45, 7) is 14.9. The highest BCUT2D eigenvalue weighted by Gasteiger charge is 2.57.